The van der Waals surface area contributed by atoms with E-state index in [1.165, 1.54) is 11.5 Å². The zero-order chi connectivity index (χ0) is 13.2. The molecule has 4 heteroatoms. The Morgan fingerprint density at radius 1 is 1.05 bits per heavy atom. The van der Waals surface area contributed by atoms with Crippen LogP contribution in [0, 0.1) is 0 Å². The van der Waals surface area contributed by atoms with Gasteiger partial charge in [0, 0.05) is 0 Å². The van der Waals surface area contributed by atoms with Crippen molar-refractivity contribution in [3.05, 3.63) is 70.5 Å². The third-order valence-corrected chi connectivity index (χ3v) is 4.32. The number of aliphatic hydroxyl groups excluding tert-OH is 1. The zero-order valence-electron chi connectivity index (χ0n) is 10.2. The summed E-state index contributed by atoms with van der Waals surface area (Å²) in [6, 6.07) is 16.8. The molecule has 0 amide bonds. The SMILES string of the molecule is O=c1c2ccccc2sn1[C@@H](CO)c1ccccc1. The van der Waals surface area contributed by atoms with Gasteiger partial charge in [-0.2, -0.15) is 0 Å². The lowest BCUT2D eigenvalue weighted by Gasteiger charge is -2.14. The summed E-state index contributed by atoms with van der Waals surface area (Å²) >= 11 is 1.40. The summed E-state index contributed by atoms with van der Waals surface area (Å²) in [5.41, 5.74) is 0.905. The maximum atomic E-state index is 12.4. The van der Waals surface area contributed by atoms with E-state index < -0.39 is 0 Å². The van der Waals surface area contributed by atoms with E-state index in [2.05, 4.69) is 0 Å². The highest BCUT2D eigenvalue weighted by molar-refractivity contribution is 7.13. The monoisotopic (exact) mass is 271 g/mol. The quantitative estimate of drug-likeness (QED) is 0.795. The highest BCUT2D eigenvalue weighted by atomic mass is 32.1. The maximum Gasteiger partial charge on any atom is 0.269 e. The predicted molar refractivity (Wildman–Crippen MR) is 77.8 cm³/mol. The zero-order valence-corrected chi connectivity index (χ0v) is 11.0. The first kappa shape index (κ1) is 12.1. The van der Waals surface area contributed by atoms with Crippen LogP contribution in [0.4, 0.5) is 0 Å². The number of benzene rings is 2. The van der Waals surface area contributed by atoms with E-state index in [0.29, 0.717) is 5.39 Å². The lowest BCUT2D eigenvalue weighted by molar-refractivity contribution is 0.254. The summed E-state index contributed by atoms with van der Waals surface area (Å²) in [5.74, 6) is 0. The molecule has 0 radical (unpaired) electrons. The van der Waals surface area contributed by atoms with Crippen molar-refractivity contribution in [3.63, 3.8) is 0 Å². The Morgan fingerprint density at radius 3 is 2.42 bits per heavy atom. The fourth-order valence-corrected chi connectivity index (χ4v) is 3.29. The molecule has 0 saturated carbocycles. The highest BCUT2D eigenvalue weighted by Gasteiger charge is 2.17. The highest BCUT2D eigenvalue weighted by Crippen LogP contribution is 2.23. The van der Waals surface area contributed by atoms with Crippen molar-refractivity contribution in [2.45, 2.75) is 6.04 Å². The number of hydrogen-bond acceptors (Lipinski definition) is 3. The van der Waals surface area contributed by atoms with Crippen LogP contribution in [0.25, 0.3) is 10.1 Å². The second kappa shape index (κ2) is 4.99. The van der Waals surface area contributed by atoms with Crippen molar-refractivity contribution in [1.82, 2.24) is 3.96 Å². The Morgan fingerprint density at radius 2 is 1.74 bits per heavy atom. The van der Waals surface area contributed by atoms with Crippen molar-refractivity contribution in [2.24, 2.45) is 0 Å². The smallest absolute Gasteiger partial charge is 0.269 e. The molecular weight excluding hydrogens is 258 g/mol. The normalized spacial score (nSPS) is 12.7. The Labute approximate surface area is 114 Å². The van der Waals surface area contributed by atoms with Crippen LogP contribution in [0.2, 0.25) is 0 Å². The van der Waals surface area contributed by atoms with Crippen molar-refractivity contribution in [1.29, 1.82) is 0 Å². The summed E-state index contributed by atoms with van der Waals surface area (Å²) in [4.78, 5) is 12.4. The van der Waals surface area contributed by atoms with Gasteiger partial charge in [-0.25, -0.2) is 0 Å². The number of aliphatic hydroxyl groups is 1. The van der Waals surface area contributed by atoms with Gasteiger partial charge in [-0.05, 0) is 17.7 Å². The molecule has 19 heavy (non-hydrogen) atoms. The molecule has 0 spiro atoms. The first-order valence-electron chi connectivity index (χ1n) is 6.07. The number of nitrogens with zero attached hydrogens (tertiary/aromatic N) is 1. The van der Waals surface area contributed by atoms with E-state index in [1.54, 1.807) is 3.96 Å². The van der Waals surface area contributed by atoms with E-state index in [-0.39, 0.29) is 18.2 Å². The van der Waals surface area contributed by atoms with Crippen LogP contribution in [-0.4, -0.2) is 15.7 Å². The fourth-order valence-electron chi connectivity index (χ4n) is 2.18. The standard InChI is InChI=1S/C15H13NO2S/c17-10-13(11-6-2-1-3-7-11)16-15(18)12-8-4-5-9-14(12)19-16/h1-9,13,17H,10H2/t13-/m0/s1. The van der Waals surface area contributed by atoms with Gasteiger partial charge < -0.3 is 5.11 Å². The maximum absolute atomic E-state index is 12.4. The molecule has 0 aliphatic rings. The van der Waals surface area contributed by atoms with Gasteiger partial charge >= 0.3 is 0 Å². The second-order valence-corrected chi connectivity index (χ2v) is 5.34. The van der Waals surface area contributed by atoms with Crippen LogP contribution in [-0.2, 0) is 0 Å². The minimum atomic E-state index is -0.314. The van der Waals surface area contributed by atoms with Gasteiger partial charge in [0.1, 0.15) is 0 Å². The third kappa shape index (κ3) is 2.09. The van der Waals surface area contributed by atoms with Gasteiger partial charge in [-0.15, -0.1) is 0 Å². The third-order valence-electron chi connectivity index (χ3n) is 3.15. The molecule has 1 heterocycles. The first-order chi connectivity index (χ1) is 9.31. The molecule has 0 aliphatic carbocycles. The molecule has 0 aliphatic heterocycles. The van der Waals surface area contributed by atoms with E-state index in [4.69, 9.17) is 0 Å². The van der Waals surface area contributed by atoms with Crippen LogP contribution >= 0.6 is 11.5 Å². The molecule has 3 aromatic rings. The van der Waals surface area contributed by atoms with Crippen molar-refractivity contribution < 1.29 is 5.11 Å². The van der Waals surface area contributed by atoms with Gasteiger partial charge in [0.25, 0.3) is 5.56 Å². The molecular formula is C15H13NO2S. The summed E-state index contributed by atoms with van der Waals surface area (Å²) in [6.45, 7) is -0.0866. The second-order valence-electron chi connectivity index (χ2n) is 4.33. The van der Waals surface area contributed by atoms with Crippen molar-refractivity contribution in [2.75, 3.05) is 6.61 Å². The largest absolute Gasteiger partial charge is 0.394 e. The van der Waals surface area contributed by atoms with Gasteiger partial charge in [0.15, 0.2) is 0 Å². The molecule has 0 bridgehead atoms. The van der Waals surface area contributed by atoms with Crippen LogP contribution in [0.15, 0.2) is 59.4 Å². The van der Waals surface area contributed by atoms with Crippen LogP contribution in [0.5, 0.6) is 0 Å². The van der Waals surface area contributed by atoms with Gasteiger partial charge in [0.05, 0.1) is 22.7 Å². The fraction of sp³-hybridized carbons (Fsp3) is 0.133. The molecule has 96 valence electrons. The summed E-state index contributed by atoms with van der Waals surface area (Å²) in [6.07, 6.45) is 0. The van der Waals surface area contributed by atoms with E-state index in [1.807, 2.05) is 54.6 Å². The van der Waals surface area contributed by atoms with E-state index >= 15 is 0 Å². The molecule has 3 nitrogen and oxygen atoms in total. The summed E-state index contributed by atoms with van der Waals surface area (Å²) < 4.78 is 2.60. The lowest BCUT2D eigenvalue weighted by atomic mass is 10.1. The average Bonchev–Trinajstić information content (AvgIpc) is 2.79. The Balaban J connectivity index is 2.17. The van der Waals surface area contributed by atoms with E-state index in [0.717, 1.165) is 10.3 Å². The molecule has 0 unspecified atom stereocenters. The molecule has 0 saturated heterocycles. The molecule has 1 aromatic heterocycles. The lowest BCUT2D eigenvalue weighted by Crippen LogP contribution is -2.22. The van der Waals surface area contributed by atoms with Crippen molar-refractivity contribution >= 4 is 21.6 Å². The molecule has 3 rings (SSSR count). The van der Waals surface area contributed by atoms with Gasteiger partial charge in [-0.3, -0.25) is 8.75 Å². The molecule has 0 fully saturated rings. The molecule has 2 aromatic carbocycles. The van der Waals surface area contributed by atoms with Gasteiger partial charge in [0.2, 0.25) is 0 Å². The Bertz CT molecular complexity index is 745. The van der Waals surface area contributed by atoms with Crippen LogP contribution < -0.4 is 5.56 Å². The summed E-state index contributed by atoms with van der Waals surface area (Å²) in [7, 11) is 0. The van der Waals surface area contributed by atoms with E-state index in [9.17, 15) is 9.90 Å². The average molecular weight is 271 g/mol. The molecule has 1 atom stereocenters. The number of rotatable bonds is 3. The number of fused-ring (bicyclic) bond motifs is 1. The summed E-state index contributed by atoms with van der Waals surface area (Å²) in [5, 5.41) is 10.3. The number of aromatic nitrogens is 1. The Kier molecular flexibility index (Phi) is 3.19. The molecule has 1 N–H and O–H groups in total. The topological polar surface area (TPSA) is 42.2 Å². The Hall–Kier alpha value is -1.91. The van der Waals surface area contributed by atoms with Crippen molar-refractivity contribution in [3.8, 4) is 0 Å². The minimum Gasteiger partial charge on any atom is -0.394 e. The van der Waals surface area contributed by atoms with Crippen LogP contribution in [0.1, 0.15) is 11.6 Å². The van der Waals surface area contributed by atoms with Gasteiger partial charge in [-0.1, -0.05) is 54.0 Å². The number of hydrogen-bond donors (Lipinski definition) is 1. The minimum absolute atomic E-state index is 0.0384. The first-order valence-corrected chi connectivity index (χ1v) is 6.85. The van der Waals surface area contributed by atoms with Crippen LogP contribution in [0.3, 0.4) is 0 Å². The predicted octanol–water partition coefficient (Wildman–Crippen LogP) is 2.64.